The van der Waals surface area contributed by atoms with Gasteiger partial charge < -0.3 is 15.7 Å². The number of hydrogen-bond acceptors (Lipinski definition) is 5. The minimum Gasteiger partial charge on any atom is -0.388 e. The first-order valence-electron chi connectivity index (χ1n) is 5.38. The Morgan fingerprint density at radius 2 is 1.88 bits per heavy atom. The van der Waals surface area contributed by atoms with Crippen LogP contribution in [0.3, 0.4) is 0 Å². The molecule has 5 nitrogen and oxygen atoms in total. The molecule has 0 amide bonds. The van der Waals surface area contributed by atoms with Crippen molar-refractivity contribution in [3.63, 3.8) is 0 Å². The van der Waals surface area contributed by atoms with Gasteiger partial charge >= 0.3 is 0 Å². The number of nitrogens with one attached hydrogen (secondary N) is 2. The smallest absolute Gasteiger partial charge is 0.224 e. The van der Waals surface area contributed by atoms with Gasteiger partial charge in [-0.3, -0.25) is 0 Å². The minimum atomic E-state index is -1.02. The average molecular weight is 242 g/mol. The van der Waals surface area contributed by atoms with Crippen LogP contribution in [0, 0.1) is 5.82 Å². The van der Waals surface area contributed by atoms with Crippen LogP contribution in [0.1, 0.15) is 27.7 Å². The third-order valence-corrected chi connectivity index (χ3v) is 2.93. The SMILES string of the molecule is CNc1ncc(F)c(NC(C)(C)C(C)(C)O)n1. The molecule has 1 rings (SSSR count). The molecule has 0 aliphatic carbocycles. The number of halogens is 1. The van der Waals surface area contributed by atoms with E-state index in [1.807, 2.05) is 0 Å². The first-order chi connectivity index (χ1) is 7.67. The van der Waals surface area contributed by atoms with Gasteiger partial charge in [0.2, 0.25) is 5.95 Å². The normalized spacial score (nSPS) is 12.4. The number of nitrogens with zero attached hydrogens (tertiary/aromatic N) is 2. The van der Waals surface area contributed by atoms with E-state index < -0.39 is 17.0 Å². The molecule has 0 spiro atoms. The molecule has 0 atom stereocenters. The fourth-order valence-electron chi connectivity index (χ4n) is 1.02. The molecule has 0 bridgehead atoms. The summed E-state index contributed by atoms with van der Waals surface area (Å²) in [6.45, 7) is 6.84. The van der Waals surface area contributed by atoms with E-state index in [1.54, 1.807) is 34.7 Å². The summed E-state index contributed by atoms with van der Waals surface area (Å²) in [7, 11) is 1.65. The van der Waals surface area contributed by atoms with Crippen molar-refractivity contribution >= 4 is 11.8 Å². The molecular weight excluding hydrogens is 223 g/mol. The molecule has 1 aromatic heterocycles. The molecule has 0 saturated carbocycles. The summed E-state index contributed by atoms with van der Waals surface area (Å²) in [4.78, 5) is 7.72. The zero-order valence-corrected chi connectivity index (χ0v) is 10.8. The second kappa shape index (κ2) is 4.44. The number of aliphatic hydroxyl groups is 1. The van der Waals surface area contributed by atoms with Gasteiger partial charge in [-0.15, -0.1) is 0 Å². The highest BCUT2D eigenvalue weighted by Crippen LogP contribution is 2.26. The lowest BCUT2D eigenvalue weighted by Gasteiger charge is -2.38. The van der Waals surface area contributed by atoms with Crippen molar-refractivity contribution in [2.75, 3.05) is 17.7 Å². The quantitative estimate of drug-likeness (QED) is 0.748. The third-order valence-electron chi connectivity index (χ3n) is 2.93. The van der Waals surface area contributed by atoms with Crippen LogP contribution in [0.5, 0.6) is 0 Å². The molecule has 0 aliphatic heterocycles. The summed E-state index contributed by atoms with van der Waals surface area (Å²) < 4.78 is 13.5. The lowest BCUT2D eigenvalue weighted by Crippen LogP contribution is -2.51. The highest BCUT2D eigenvalue weighted by molar-refractivity contribution is 5.43. The molecule has 6 heteroatoms. The Balaban J connectivity index is 3.02. The van der Waals surface area contributed by atoms with Crippen molar-refractivity contribution in [2.24, 2.45) is 0 Å². The van der Waals surface area contributed by atoms with Crippen molar-refractivity contribution in [1.29, 1.82) is 0 Å². The van der Waals surface area contributed by atoms with Gasteiger partial charge in [0.05, 0.1) is 17.3 Å². The highest BCUT2D eigenvalue weighted by atomic mass is 19.1. The van der Waals surface area contributed by atoms with E-state index in [1.165, 1.54) is 0 Å². The van der Waals surface area contributed by atoms with Gasteiger partial charge in [-0.1, -0.05) is 0 Å². The van der Waals surface area contributed by atoms with E-state index in [4.69, 9.17) is 0 Å². The summed E-state index contributed by atoms with van der Waals surface area (Å²) in [5.41, 5.74) is -1.75. The van der Waals surface area contributed by atoms with Gasteiger partial charge in [-0.05, 0) is 27.7 Å². The topological polar surface area (TPSA) is 70.1 Å². The van der Waals surface area contributed by atoms with Crippen LogP contribution >= 0.6 is 0 Å². The van der Waals surface area contributed by atoms with Crippen LogP contribution in [0.4, 0.5) is 16.2 Å². The molecule has 0 saturated heterocycles. The Morgan fingerprint density at radius 3 is 2.35 bits per heavy atom. The lowest BCUT2D eigenvalue weighted by molar-refractivity contribution is 0.0237. The van der Waals surface area contributed by atoms with E-state index in [-0.39, 0.29) is 5.82 Å². The van der Waals surface area contributed by atoms with Gasteiger partial charge in [0, 0.05) is 7.05 Å². The zero-order chi connectivity index (χ0) is 13.3. The molecule has 0 aromatic carbocycles. The predicted octanol–water partition coefficient (Wildman–Crippen LogP) is 1.62. The summed E-state index contributed by atoms with van der Waals surface area (Å²) >= 11 is 0. The Hall–Kier alpha value is -1.43. The Morgan fingerprint density at radius 1 is 1.29 bits per heavy atom. The van der Waals surface area contributed by atoms with Crippen LogP contribution in [0.2, 0.25) is 0 Å². The van der Waals surface area contributed by atoms with E-state index >= 15 is 0 Å². The maximum absolute atomic E-state index is 13.5. The molecule has 96 valence electrons. The second-order valence-electron chi connectivity index (χ2n) is 4.95. The molecule has 0 unspecified atom stereocenters. The maximum atomic E-state index is 13.5. The number of hydrogen-bond donors (Lipinski definition) is 3. The molecule has 0 fully saturated rings. The number of anilines is 2. The van der Waals surface area contributed by atoms with E-state index in [9.17, 15) is 9.50 Å². The fraction of sp³-hybridized carbons (Fsp3) is 0.636. The predicted molar refractivity (Wildman–Crippen MR) is 65.5 cm³/mol. The Labute approximate surface area is 100 Å². The van der Waals surface area contributed by atoms with Crippen molar-refractivity contribution in [3.05, 3.63) is 12.0 Å². The Bertz CT molecular complexity index is 401. The summed E-state index contributed by atoms with van der Waals surface area (Å²) in [5.74, 6) is -0.168. The van der Waals surface area contributed by atoms with Crippen molar-refractivity contribution in [1.82, 2.24) is 9.97 Å². The van der Waals surface area contributed by atoms with Gasteiger partial charge in [0.25, 0.3) is 0 Å². The average Bonchev–Trinajstić information content (AvgIpc) is 2.19. The molecule has 1 heterocycles. The molecule has 3 N–H and O–H groups in total. The van der Waals surface area contributed by atoms with Crippen LogP contribution in [0.25, 0.3) is 0 Å². The van der Waals surface area contributed by atoms with Crippen molar-refractivity contribution in [3.8, 4) is 0 Å². The number of aromatic nitrogens is 2. The minimum absolute atomic E-state index is 0.0662. The molecular formula is C11H19FN4O. The van der Waals surface area contributed by atoms with Gasteiger partial charge in [-0.25, -0.2) is 9.37 Å². The van der Waals surface area contributed by atoms with Crippen LogP contribution in [-0.4, -0.2) is 33.3 Å². The monoisotopic (exact) mass is 242 g/mol. The standard InChI is InChI=1S/C11H19FN4O/c1-10(2,11(3,4)17)16-8-7(12)6-14-9(13-5)15-8/h6,17H,1-5H3,(H2,13,14,15,16). The first-order valence-corrected chi connectivity index (χ1v) is 5.38. The van der Waals surface area contributed by atoms with Gasteiger partial charge in [-0.2, -0.15) is 4.98 Å². The Kier molecular flexibility index (Phi) is 3.56. The molecule has 1 aromatic rings. The maximum Gasteiger partial charge on any atom is 0.224 e. The first kappa shape index (κ1) is 13.6. The lowest BCUT2D eigenvalue weighted by atomic mass is 9.86. The van der Waals surface area contributed by atoms with Crippen LogP contribution < -0.4 is 10.6 Å². The van der Waals surface area contributed by atoms with E-state index in [0.29, 0.717) is 5.95 Å². The van der Waals surface area contributed by atoms with E-state index in [2.05, 4.69) is 20.6 Å². The number of rotatable bonds is 4. The van der Waals surface area contributed by atoms with Gasteiger partial charge in [0.1, 0.15) is 0 Å². The summed E-state index contributed by atoms with van der Waals surface area (Å²) in [6, 6.07) is 0. The zero-order valence-electron chi connectivity index (χ0n) is 10.8. The third kappa shape index (κ3) is 3.03. The summed E-state index contributed by atoms with van der Waals surface area (Å²) in [5, 5.41) is 15.6. The second-order valence-corrected chi connectivity index (χ2v) is 4.95. The van der Waals surface area contributed by atoms with Gasteiger partial charge in [0.15, 0.2) is 11.6 Å². The highest BCUT2D eigenvalue weighted by Gasteiger charge is 2.35. The fourth-order valence-corrected chi connectivity index (χ4v) is 1.02. The van der Waals surface area contributed by atoms with Crippen molar-refractivity contribution in [2.45, 2.75) is 38.8 Å². The molecule has 0 aliphatic rings. The van der Waals surface area contributed by atoms with Crippen molar-refractivity contribution < 1.29 is 9.50 Å². The van der Waals surface area contributed by atoms with Crippen LogP contribution in [0.15, 0.2) is 6.20 Å². The molecule has 17 heavy (non-hydrogen) atoms. The largest absolute Gasteiger partial charge is 0.388 e. The van der Waals surface area contributed by atoms with E-state index in [0.717, 1.165) is 6.20 Å². The summed E-state index contributed by atoms with van der Waals surface area (Å²) in [6.07, 6.45) is 1.08. The molecule has 0 radical (unpaired) electrons. The van der Waals surface area contributed by atoms with Crippen LogP contribution in [-0.2, 0) is 0 Å².